The second-order valence-corrected chi connectivity index (χ2v) is 5.18. The molecule has 1 atom stereocenters. The average molecular weight is 341 g/mol. The van der Waals surface area contributed by atoms with Crippen molar-refractivity contribution in [2.45, 2.75) is 19.4 Å². The molecule has 1 heterocycles. The predicted octanol–water partition coefficient (Wildman–Crippen LogP) is 2.37. The number of fused-ring (bicyclic) bond motifs is 1. The zero-order chi connectivity index (χ0) is 14.7. The second kappa shape index (κ2) is 6.28. The van der Waals surface area contributed by atoms with E-state index in [-0.39, 0.29) is 5.97 Å². The van der Waals surface area contributed by atoms with Crippen molar-refractivity contribution in [3.8, 4) is 5.75 Å². The van der Waals surface area contributed by atoms with Crippen LogP contribution in [0.4, 0.5) is 0 Å². The molecule has 0 radical (unpaired) electrons. The van der Waals surface area contributed by atoms with E-state index in [1.54, 1.807) is 14.0 Å². The van der Waals surface area contributed by atoms with E-state index < -0.39 is 6.04 Å². The number of nitrogens with two attached hydrogens (primary N) is 1. The lowest BCUT2D eigenvalue weighted by molar-refractivity contribution is -0.144. The largest absolute Gasteiger partial charge is 0.497 e. The first kappa shape index (κ1) is 14.9. The maximum Gasteiger partial charge on any atom is 0.323 e. The Morgan fingerprint density at radius 3 is 2.90 bits per heavy atom. The van der Waals surface area contributed by atoms with Gasteiger partial charge in [-0.2, -0.15) is 0 Å². The van der Waals surface area contributed by atoms with E-state index in [1.807, 2.05) is 18.2 Å². The molecular formula is C14H17BrN2O3. The van der Waals surface area contributed by atoms with Gasteiger partial charge in [0.1, 0.15) is 11.8 Å². The van der Waals surface area contributed by atoms with Crippen LogP contribution < -0.4 is 10.5 Å². The van der Waals surface area contributed by atoms with Crippen LogP contribution in [0.15, 0.2) is 22.8 Å². The van der Waals surface area contributed by atoms with Crippen molar-refractivity contribution in [1.82, 2.24) is 4.98 Å². The molecule has 0 aliphatic heterocycles. The highest BCUT2D eigenvalue weighted by Crippen LogP contribution is 2.30. The summed E-state index contributed by atoms with van der Waals surface area (Å²) in [5.41, 5.74) is 7.77. The molecule has 5 nitrogen and oxygen atoms in total. The molecule has 20 heavy (non-hydrogen) atoms. The van der Waals surface area contributed by atoms with Gasteiger partial charge in [0.15, 0.2) is 0 Å². The molecule has 0 unspecified atom stereocenters. The standard InChI is InChI=1S/C14H17BrN2O3/c1-3-20-14(18)11(16)7-10-9-5-4-8(19-2)6-12(9)17-13(10)15/h4-6,11,17H,3,7,16H2,1-2H3/t11-/m0/s1. The van der Waals surface area contributed by atoms with E-state index in [0.29, 0.717) is 13.0 Å². The van der Waals surface area contributed by atoms with E-state index >= 15 is 0 Å². The molecular weight excluding hydrogens is 324 g/mol. The van der Waals surface area contributed by atoms with Gasteiger partial charge in [-0.05, 0) is 40.5 Å². The number of ether oxygens (including phenoxy) is 2. The summed E-state index contributed by atoms with van der Waals surface area (Å²) >= 11 is 3.47. The second-order valence-electron chi connectivity index (χ2n) is 4.39. The van der Waals surface area contributed by atoms with Crippen molar-refractivity contribution in [2.75, 3.05) is 13.7 Å². The lowest BCUT2D eigenvalue weighted by Crippen LogP contribution is -2.34. The minimum absolute atomic E-state index is 0.332. The van der Waals surface area contributed by atoms with Crippen molar-refractivity contribution < 1.29 is 14.3 Å². The van der Waals surface area contributed by atoms with Crippen LogP contribution in [0.3, 0.4) is 0 Å². The smallest absolute Gasteiger partial charge is 0.323 e. The Bertz CT molecular complexity index is 624. The number of methoxy groups -OCH3 is 1. The van der Waals surface area contributed by atoms with Gasteiger partial charge in [-0.1, -0.05) is 0 Å². The van der Waals surface area contributed by atoms with Crippen LogP contribution in [-0.2, 0) is 16.0 Å². The molecule has 0 bridgehead atoms. The van der Waals surface area contributed by atoms with Gasteiger partial charge < -0.3 is 20.2 Å². The lowest BCUT2D eigenvalue weighted by Gasteiger charge is -2.10. The topological polar surface area (TPSA) is 77.3 Å². The Balaban J connectivity index is 2.30. The Morgan fingerprint density at radius 1 is 1.50 bits per heavy atom. The van der Waals surface area contributed by atoms with Crippen LogP contribution in [0.25, 0.3) is 10.9 Å². The summed E-state index contributed by atoms with van der Waals surface area (Å²) in [5, 5.41) is 1.01. The van der Waals surface area contributed by atoms with E-state index in [1.165, 1.54) is 0 Å². The number of carbonyl (C=O) groups is 1. The number of carbonyl (C=O) groups excluding carboxylic acids is 1. The summed E-state index contributed by atoms with van der Waals surface area (Å²) in [6.45, 7) is 2.09. The van der Waals surface area contributed by atoms with Crippen LogP contribution in [0.2, 0.25) is 0 Å². The van der Waals surface area contributed by atoms with Gasteiger partial charge in [-0.25, -0.2) is 0 Å². The Kier molecular flexibility index (Phi) is 4.67. The van der Waals surface area contributed by atoms with E-state index in [4.69, 9.17) is 15.2 Å². The van der Waals surface area contributed by atoms with Crippen molar-refractivity contribution in [3.63, 3.8) is 0 Å². The third kappa shape index (κ3) is 2.96. The lowest BCUT2D eigenvalue weighted by atomic mass is 10.1. The van der Waals surface area contributed by atoms with Crippen molar-refractivity contribution >= 4 is 32.8 Å². The monoisotopic (exact) mass is 340 g/mol. The van der Waals surface area contributed by atoms with E-state index in [9.17, 15) is 4.79 Å². The zero-order valence-corrected chi connectivity index (χ0v) is 13.0. The van der Waals surface area contributed by atoms with Gasteiger partial charge in [0.05, 0.1) is 23.8 Å². The van der Waals surface area contributed by atoms with Crippen LogP contribution >= 0.6 is 15.9 Å². The molecule has 0 aliphatic rings. The molecule has 0 saturated heterocycles. The summed E-state index contributed by atoms with van der Waals surface area (Å²) in [6.07, 6.45) is 0.408. The minimum atomic E-state index is -0.674. The molecule has 2 rings (SSSR count). The molecule has 6 heteroatoms. The quantitative estimate of drug-likeness (QED) is 0.819. The third-order valence-electron chi connectivity index (χ3n) is 3.07. The number of benzene rings is 1. The fraction of sp³-hybridized carbons (Fsp3) is 0.357. The Morgan fingerprint density at radius 2 is 2.25 bits per heavy atom. The molecule has 2 aromatic rings. The van der Waals surface area contributed by atoms with Gasteiger partial charge in [0, 0.05) is 17.9 Å². The molecule has 108 valence electrons. The number of aromatic amines is 1. The number of hydrogen-bond donors (Lipinski definition) is 2. The van der Waals surface area contributed by atoms with Crippen LogP contribution in [0.5, 0.6) is 5.75 Å². The first-order valence-corrected chi connectivity index (χ1v) is 7.12. The summed E-state index contributed by atoms with van der Waals surface area (Å²) in [7, 11) is 1.62. The highest BCUT2D eigenvalue weighted by molar-refractivity contribution is 9.10. The summed E-state index contributed by atoms with van der Waals surface area (Å²) < 4.78 is 10.9. The Hall–Kier alpha value is -1.53. The van der Waals surface area contributed by atoms with Gasteiger partial charge in [-0.15, -0.1) is 0 Å². The summed E-state index contributed by atoms with van der Waals surface area (Å²) in [5.74, 6) is 0.384. The zero-order valence-electron chi connectivity index (χ0n) is 11.4. The predicted molar refractivity (Wildman–Crippen MR) is 80.9 cm³/mol. The third-order valence-corrected chi connectivity index (χ3v) is 3.75. The number of halogens is 1. The molecule has 0 spiro atoms. The van der Waals surface area contributed by atoms with Crippen LogP contribution in [0.1, 0.15) is 12.5 Å². The number of rotatable bonds is 5. The van der Waals surface area contributed by atoms with Gasteiger partial charge >= 0.3 is 5.97 Å². The fourth-order valence-electron chi connectivity index (χ4n) is 2.08. The maximum absolute atomic E-state index is 11.6. The SMILES string of the molecule is CCOC(=O)[C@@H](N)Cc1c(Br)[nH]c2cc(OC)ccc12. The summed E-state index contributed by atoms with van der Waals surface area (Å²) in [4.78, 5) is 14.8. The normalized spacial score (nSPS) is 12.4. The summed E-state index contributed by atoms with van der Waals surface area (Å²) in [6, 6.07) is 5.05. The number of aromatic nitrogens is 1. The molecule has 3 N–H and O–H groups in total. The van der Waals surface area contributed by atoms with Gasteiger partial charge in [0.25, 0.3) is 0 Å². The number of hydrogen-bond acceptors (Lipinski definition) is 4. The molecule has 0 saturated carbocycles. The highest BCUT2D eigenvalue weighted by atomic mass is 79.9. The van der Waals surface area contributed by atoms with Gasteiger partial charge in [0.2, 0.25) is 0 Å². The van der Waals surface area contributed by atoms with Crippen molar-refractivity contribution in [3.05, 3.63) is 28.4 Å². The van der Waals surface area contributed by atoms with Crippen LogP contribution in [0, 0.1) is 0 Å². The number of esters is 1. The van der Waals surface area contributed by atoms with Crippen molar-refractivity contribution in [2.24, 2.45) is 5.73 Å². The first-order valence-electron chi connectivity index (χ1n) is 6.33. The molecule has 0 aliphatic carbocycles. The fourth-order valence-corrected chi connectivity index (χ4v) is 2.67. The molecule has 1 aromatic heterocycles. The van der Waals surface area contributed by atoms with Crippen molar-refractivity contribution in [1.29, 1.82) is 0 Å². The number of H-pyrrole nitrogens is 1. The Labute approximate surface area is 125 Å². The van der Waals surface area contributed by atoms with Gasteiger partial charge in [-0.3, -0.25) is 4.79 Å². The minimum Gasteiger partial charge on any atom is -0.497 e. The van der Waals surface area contributed by atoms with E-state index in [2.05, 4.69) is 20.9 Å². The molecule has 0 amide bonds. The highest BCUT2D eigenvalue weighted by Gasteiger charge is 2.19. The first-order chi connectivity index (χ1) is 9.56. The molecule has 1 aromatic carbocycles. The maximum atomic E-state index is 11.6. The number of nitrogens with one attached hydrogen (secondary N) is 1. The molecule has 0 fully saturated rings. The van der Waals surface area contributed by atoms with E-state index in [0.717, 1.165) is 26.8 Å². The average Bonchev–Trinajstić information content (AvgIpc) is 2.74. The van der Waals surface area contributed by atoms with Crippen LogP contribution in [-0.4, -0.2) is 30.7 Å².